The zero-order valence-electron chi connectivity index (χ0n) is 14.6. The van der Waals surface area contributed by atoms with Gasteiger partial charge in [0.25, 0.3) is 0 Å². The summed E-state index contributed by atoms with van der Waals surface area (Å²) in [6.45, 7) is 1.28. The van der Waals surface area contributed by atoms with Crippen LogP contribution in [0.25, 0.3) is 5.65 Å². The molecule has 0 saturated carbocycles. The second-order valence-electron chi connectivity index (χ2n) is 6.16. The van der Waals surface area contributed by atoms with Gasteiger partial charge in [-0.1, -0.05) is 11.6 Å². The molecule has 1 fully saturated rings. The van der Waals surface area contributed by atoms with Crippen molar-refractivity contribution < 1.29 is 9.18 Å². The van der Waals surface area contributed by atoms with Crippen LogP contribution in [-0.2, 0) is 11.3 Å². The maximum Gasteiger partial charge on any atom is 0.350 e. The summed E-state index contributed by atoms with van der Waals surface area (Å²) in [7, 11) is 0. The number of rotatable bonds is 4. The molecule has 28 heavy (non-hydrogen) atoms. The Morgan fingerprint density at radius 1 is 1.32 bits per heavy atom. The van der Waals surface area contributed by atoms with E-state index in [1.165, 1.54) is 22.7 Å². The Bertz CT molecular complexity index is 1090. The molecule has 4 rings (SSSR count). The van der Waals surface area contributed by atoms with Crippen molar-refractivity contribution in [2.45, 2.75) is 6.54 Å². The standard InChI is InChI=1S/C17H16ClFN6O2S/c18-11-1-2-13(12(19)9-11)21-14(26)10-25-17(27)24-4-3-20-15(16(24)22-25)23-5-7-28-8-6-23/h1-4,9H,5-8,10H2,(H,21,26). The molecule has 0 unspecified atom stereocenters. The molecule has 3 aromatic rings. The van der Waals surface area contributed by atoms with Crippen molar-refractivity contribution in [2.75, 3.05) is 34.8 Å². The van der Waals surface area contributed by atoms with Crippen molar-refractivity contribution in [3.63, 3.8) is 0 Å². The van der Waals surface area contributed by atoms with Gasteiger partial charge in [-0.2, -0.15) is 11.8 Å². The van der Waals surface area contributed by atoms with E-state index in [1.807, 2.05) is 11.8 Å². The van der Waals surface area contributed by atoms with Crippen LogP contribution in [0.2, 0.25) is 5.02 Å². The van der Waals surface area contributed by atoms with Crippen LogP contribution in [0.1, 0.15) is 0 Å². The van der Waals surface area contributed by atoms with E-state index >= 15 is 0 Å². The Kier molecular flexibility index (Phi) is 5.23. The van der Waals surface area contributed by atoms with Gasteiger partial charge in [0.15, 0.2) is 5.82 Å². The number of thioether (sulfide) groups is 1. The molecular weight excluding hydrogens is 407 g/mol. The van der Waals surface area contributed by atoms with E-state index in [0.29, 0.717) is 11.5 Å². The smallest absolute Gasteiger partial charge is 0.350 e. The van der Waals surface area contributed by atoms with Crippen molar-refractivity contribution in [2.24, 2.45) is 0 Å². The molecule has 11 heteroatoms. The minimum Gasteiger partial charge on any atom is -0.352 e. The normalized spacial score (nSPS) is 14.4. The highest BCUT2D eigenvalue weighted by atomic mass is 35.5. The first kappa shape index (κ1) is 18.8. The number of carbonyl (C=O) groups excluding carboxylic acids is 1. The number of nitrogens with zero attached hydrogens (tertiary/aromatic N) is 5. The quantitative estimate of drug-likeness (QED) is 0.691. The number of benzene rings is 1. The lowest BCUT2D eigenvalue weighted by atomic mass is 10.3. The molecule has 1 amide bonds. The summed E-state index contributed by atoms with van der Waals surface area (Å²) in [6.07, 6.45) is 3.06. The van der Waals surface area contributed by atoms with Crippen LogP contribution in [0.3, 0.4) is 0 Å². The fourth-order valence-electron chi connectivity index (χ4n) is 2.95. The van der Waals surface area contributed by atoms with Crippen LogP contribution >= 0.6 is 23.4 Å². The molecule has 0 spiro atoms. The lowest BCUT2D eigenvalue weighted by molar-refractivity contribution is -0.117. The number of aromatic nitrogens is 4. The number of hydrogen-bond acceptors (Lipinski definition) is 6. The number of fused-ring (bicyclic) bond motifs is 1. The largest absolute Gasteiger partial charge is 0.352 e. The van der Waals surface area contributed by atoms with E-state index in [2.05, 4.69) is 20.3 Å². The number of anilines is 2. The fraction of sp³-hybridized carbons (Fsp3) is 0.294. The second kappa shape index (κ2) is 7.80. The summed E-state index contributed by atoms with van der Waals surface area (Å²) in [6, 6.07) is 3.92. The number of carbonyl (C=O) groups is 1. The van der Waals surface area contributed by atoms with Gasteiger partial charge >= 0.3 is 5.69 Å². The second-order valence-corrected chi connectivity index (χ2v) is 7.82. The third kappa shape index (κ3) is 3.69. The van der Waals surface area contributed by atoms with Crippen LogP contribution in [-0.4, -0.2) is 49.7 Å². The van der Waals surface area contributed by atoms with Crippen molar-refractivity contribution >= 4 is 46.4 Å². The summed E-state index contributed by atoms with van der Waals surface area (Å²) < 4.78 is 16.3. The predicted octanol–water partition coefficient (Wildman–Crippen LogP) is 1.88. The Morgan fingerprint density at radius 3 is 2.86 bits per heavy atom. The van der Waals surface area contributed by atoms with Crippen LogP contribution < -0.4 is 15.9 Å². The van der Waals surface area contributed by atoms with E-state index < -0.39 is 17.4 Å². The third-order valence-electron chi connectivity index (χ3n) is 4.29. The van der Waals surface area contributed by atoms with Gasteiger partial charge in [0.05, 0.1) is 5.69 Å². The van der Waals surface area contributed by atoms with Gasteiger partial charge in [-0.3, -0.25) is 4.79 Å². The van der Waals surface area contributed by atoms with Crippen molar-refractivity contribution in [1.82, 2.24) is 19.2 Å². The molecule has 146 valence electrons. The lowest BCUT2D eigenvalue weighted by Gasteiger charge is -2.27. The van der Waals surface area contributed by atoms with Crippen LogP contribution in [0, 0.1) is 5.82 Å². The molecule has 0 aliphatic carbocycles. The van der Waals surface area contributed by atoms with E-state index in [1.54, 1.807) is 6.20 Å². The summed E-state index contributed by atoms with van der Waals surface area (Å²) in [5, 5.41) is 6.94. The average Bonchev–Trinajstić information content (AvgIpc) is 3.00. The predicted molar refractivity (Wildman–Crippen MR) is 107 cm³/mol. The maximum atomic E-state index is 13.9. The first-order valence-electron chi connectivity index (χ1n) is 8.55. The monoisotopic (exact) mass is 422 g/mol. The maximum absolute atomic E-state index is 13.9. The third-order valence-corrected chi connectivity index (χ3v) is 5.47. The molecule has 2 aromatic heterocycles. The fourth-order valence-corrected chi connectivity index (χ4v) is 4.02. The van der Waals surface area contributed by atoms with Gasteiger partial charge in [-0.15, -0.1) is 5.10 Å². The molecule has 0 atom stereocenters. The van der Waals surface area contributed by atoms with Gasteiger partial charge < -0.3 is 10.2 Å². The van der Waals surface area contributed by atoms with E-state index in [9.17, 15) is 14.0 Å². The minimum absolute atomic E-state index is 0.0145. The highest BCUT2D eigenvalue weighted by Crippen LogP contribution is 2.21. The Labute approximate surface area is 168 Å². The van der Waals surface area contributed by atoms with E-state index in [0.717, 1.165) is 35.3 Å². The zero-order valence-corrected chi connectivity index (χ0v) is 16.2. The molecule has 1 aliphatic heterocycles. The van der Waals surface area contributed by atoms with Gasteiger partial charge in [0, 0.05) is 42.0 Å². The van der Waals surface area contributed by atoms with E-state index in [-0.39, 0.29) is 17.3 Å². The molecule has 0 bridgehead atoms. The molecule has 1 aliphatic rings. The zero-order chi connectivity index (χ0) is 19.7. The Morgan fingerprint density at radius 2 is 2.11 bits per heavy atom. The van der Waals surface area contributed by atoms with Crippen molar-refractivity contribution in [3.8, 4) is 0 Å². The minimum atomic E-state index is -0.655. The number of amides is 1. The number of nitrogens with one attached hydrogen (secondary N) is 1. The van der Waals surface area contributed by atoms with Gasteiger partial charge in [-0.25, -0.2) is 23.3 Å². The topological polar surface area (TPSA) is 84.5 Å². The molecule has 0 radical (unpaired) electrons. The van der Waals surface area contributed by atoms with Crippen LogP contribution in [0.5, 0.6) is 0 Å². The van der Waals surface area contributed by atoms with Crippen LogP contribution in [0.15, 0.2) is 35.4 Å². The lowest BCUT2D eigenvalue weighted by Crippen LogP contribution is -2.33. The average molecular weight is 423 g/mol. The number of halogens is 2. The molecule has 1 saturated heterocycles. The first-order valence-corrected chi connectivity index (χ1v) is 10.1. The van der Waals surface area contributed by atoms with E-state index in [4.69, 9.17) is 11.6 Å². The van der Waals surface area contributed by atoms with Crippen molar-refractivity contribution in [3.05, 3.63) is 51.9 Å². The summed E-state index contributed by atoms with van der Waals surface area (Å²) in [5.41, 5.74) is -0.0824. The SMILES string of the molecule is O=C(Cn1nc2c(N3CCSCC3)nccn2c1=O)Nc1ccc(Cl)cc1F. The molecule has 1 aromatic carbocycles. The molecule has 3 heterocycles. The molecule has 1 N–H and O–H groups in total. The first-order chi connectivity index (χ1) is 13.5. The number of hydrogen-bond donors (Lipinski definition) is 1. The summed E-state index contributed by atoms with van der Waals surface area (Å²) in [5.74, 6) is 1.34. The highest BCUT2D eigenvalue weighted by Gasteiger charge is 2.20. The van der Waals surface area contributed by atoms with Crippen LogP contribution in [0.4, 0.5) is 15.9 Å². The van der Waals surface area contributed by atoms with Gasteiger partial charge in [0.2, 0.25) is 11.6 Å². The van der Waals surface area contributed by atoms with Gasteiger partial charge in [-0.05, 0) is 18.2 Å². The molecular formula is C17H16ClFN6O2S. The van der Waals surface area contributed by atoms with Crippen molar-refractivity contribution in [1.29, 1.82) is 0 Å². The summed E-state index contributed by atoms with van der Waals surface area (Å²) >= 11 is 7.57. The molecule has 8 nitrogen and oxygen atoms in total. The Balaban J connectivity index is 1.59. The highest BCUT2D eigenvalue weighted by molar-refractivity contribution is 7.99. The Hall–Kier alpha value is -2.59. The summed E-state index contributed by atoms with van der Waals surface area (Å²) in [4.78, 5) is 31.3. The van der Waals surface area contributed by atoms with Gasteiger partial charge in [0.1, 0.15) is 12.4 Å².